The van der Waals surface area contributed by atoms with Gasteiger partial charge < -0.3 is 14.4 Å². The highest BCUT2D eigenvalue weighted by molar-refractivity contribution is 5.84. The molecule has 1 aliphatic heterocycles. The topological polar surface area (TPSA) is 55.8 Å². The minimum Gasteiger partial charge on any atom is -0.467 e. The van der Waals surface area contributed by atoms with Crippen molar-refractivity contribution in [3.8, 4) is 0 Å². The zero-order valence-corrected chi connectivity index (χ0v) is 11.7. The number of ether oxygens (including phenoxy) is 2. The molecule has 0 N–H and O–H groups in total. The zero-order valence-electron chi connectivity index (χ0n) is 11.7. The number of nitrogens with zero attached hydrogens (tertiary/aromatic N) is 1. The van der Waals surface area contributed by atoms with E-state index in [-0.39, 0.29) is 18.0 Å². The molecule has 108 valence electrons. The van der Waals surface area contributed by atoms with E-state index in [4.69, 9.17) is 9.47 Å². The van der Waals surface area contributed by atoms with Gasteiger partial charge in [0.25, 0.3) is 0 Å². The molecule has 1 aliphatic rings. The molecule has 0 bridgehead atoms. The fourth-order valence-corrected chi connectivity index (χ4v) is 2.41. The molecule has 1 heterocycles. The molecule has 0 radical (unpaired) electrons. The first kappa shape index (κ1) is 14.5. The lowest BCUT2D eigenvalue weighted by molar-refractivity contribution is -0.150. The fourth-order valence-electron chi connectivity index (χ4n) is 2.41. The van der Waals surface area contributed by atoms with Crippen molar-refractivity contribution in [2.45, 2.75) is 32.1 Å². The SMILES string of the molecule is COC(=O)[C@@H]1C[C@@H](OCc2ccccc2)CN1C(C)=O. The molecule has 1 aromatic rings. The maximum absolute atomic E-state index is 11.7. The Balaban J connectivity index is 1.94. The van der Waals surface area contributed by atoms with Crippen LogP contribution in [0.2, 0.25) is 0 Å². The van der Waals surface area contributed by atoms with Crippen LogP contribution in [0.25, 0.3) is 0 Å². The van der Waals surface area contributed by atoms with Crippen molar-refractivity contribution in [1.82, 2.24) is 4.90 Å². The van der Waals surface area contributed by atoms with E-state index in [1.54, 1.807) is 0 Å². The molecular weight excluding hydrogens is 258 g/mol. The van der Waals surface area contributed by atoms with E-state index < -0.39 is 6.04 Å². The van der Waals surface area contributed by atoms with E-state index in [2.05, 4.69) is 0 Å². The van der Waals surface area contributed by atoms with Crippen LogP contribution >= 0.6 is 0 Å². The monoisotopic (exact) mass is 277 g/mol. The summed E-state index contributed by atoms with van der Waals surface area (Å²) < 4.78 is 10.5. The van der Waals surface area contributed by atoms with Gasteiger partial charge in [-0.15, -0.1) is 0 Å². The fraction of sp³-hybridized carbons (Fsp3) is 0.467. The van der Waals surface area contributed by atoms with Gasteiger partial charge in [0, 0.05) is 19.9 Å². The maximum Gasteiger partial charge on any atom is 0.328 e. The van der Waals surface area contributed by atoms with Crippen molar-refractivity contribution in [2.24, 2.45) is 0 Å². The Labute approximate surface area is 118 Å². The van der Waals surface area contributed by atoms with Gasteiger partial charge in [-0.3, -0.25) is 4.79 Å². The lowest BCUT2D eigenvalue weighted by atomic mass is 10.2. The van der Waals surface area contributed by atoms with Crippen LogP contribution in [-0.4, -0.2) is 42.6 Å². The summed E-state index contributed by atoms with van der Waals surface area (Å²) in [6, 6.07) is 9.28. The van der Waals surface area contributed by atoms with Crippen molar-refractivity contribution < 1.29 is 19.1 Å². The molecule has 1 amide bonds. The van der Waals surface area contributed by atoms with E-state index in [9.17, 15) is 9.59 Å². The predicted octanol–water partition coefficient (Wildman–Crippen LogP) is 1.37. The molecule has 5 nitrogen and oxygen atoms in total. The van der Waals surface area contributed by atoms with Crippen LogP contribution in [0, 0.1) is 0 Å². The minimum absolute atomic E-state index is 0.133. The molecule has 5 heteroatoms. The van der Waals surface area contributed by atoms with Gasteiger partial charge in [0.1, 0.15) is 6.04 Å². The molecule has 0 saturated carbocycles. The molecule has 0 unspecified atom stereocenters. The second kappa shape index (κ2) is 6.52. The number of hydrogen-bond donors (Lipinski definition) is 0. The minimum atomic E-state index is -0.529. The summed E-state index contributed by atoms with van der Waals surface area (Å²) in [6.45, 7) is 2.36. The Kier molecular flexibility index (Phi) is 4.74. The van der Waals surface area contributed by atoms with Crippen molar-refractivity contribution in [3.63, 3.8) is 0 Å². The smallest absolute Gasteiger partial charge is 0.328 e. The average Bonchev–Trinajstić information content (AvgIpc) is 2.90. The molecule has 20 heavy (non-hydrogen) atoms. The molecule has 0 aliphatic carbocycles. The van der Waals surface area contributed by atoms with Gasteiger partial charge in [0.2, 0.25) is 5.91 Å². The number of benzene rings is 1. The number of carbonyl (C=O) groups is 2. The van der Waals surface area contributed by atoms with Crippen LogP contribution in [0.5, 0.6) is 0 Å². The summed E-state index contributed by atoms with van der Waals surface area (Å²) in [5.41, 5.74) is 1.07. The number of carbonyl (C=O) groups excluding carboxylic acids is 2. The number of methoxy groups -OCH3 is 1. The highest BCUT2D eigenvalue weighted by atomic mass is 16.5. The third-order valence-corrected chi connectivity index (χ3v) is 3.47. The predicted molar refractivity (Wildman–Crippen MR) is 72.8 cm³/mol. The summed E-state index contributed by atoms with van der Waals surface area (Å²) in [6.07, 6.45) is 0.349. The van der Waals surface area contributed by atoms with Gasteiger partial charge in [0.15, 0.2) is 0 Å². The van der Waals surface area contributed by atoms with Gasteiger partial charge in [-0.25, -0.2) is 4.79 Å². The van der Waals surface area contributed by atoms with Crippen molar-refractivity contribution in [2.75, 3.05) is 13.7 Å². The Bertz CT molecular complexity index is 474. The van der Waals surface area contributed by atoms with Crippen LogP contribution in [0.15, 0.2) is 30.3 Å². The van der Waals surface area contributed by atoms with Crippen LogP contribution in [-0.2, 0) is 25.7 Å². The first-order chi connectivity index (χ1) is 9.61. The van der Waals surface area contributed by atoms with Gasteiger partial charge in [-0.05, 0) is 5.56 Å². The molecule has 1 aromatic carbocycles. The van der Waals surface area contributed by atoms with Gasteiger partial charge in [-0.2, -0.15) is 0 Å². The maximum atomic E-state index is 11.7. The highest BCUT2D eigenvalue weighted by Crippen LogP contribution is 2.22. The van der Waals surface area contributed by atoms with E-state index in [0.717, 1.165) is 5.56 Å². The number of esters is 1. The summed E-state index contributed by atoms with van der Waals surface area (Å²) in [5, 5.41) is 0. The molecule has 0 spiro atoms. The normalized spacial score (nSPS) is 21.8. The second-order valence-electron chi connectivity index (χ2n) is 4.86. The van der Waals surface area contributed by atoms with Gasteiger partial charge in [0.05, 0.1) is 19.8 Å². The average molecular weight is 277 g/mol. The summed E-state index contributed by atoms with van der Waals surface area (Å²) in [4.78, 5) is 24.8. The Morgan fingerprint density at radius 1 is 1.30 bits per heavy atom. The van der Waals surface area contributed by atoms with Crippen molar-refractivity contribution in [3.05, 3.63) is 35.9 Å². The molecule has 1 fully saturated rings. The highest BCUT2D eigenvalue weighted by Gasteiger charge is 2.39. The third kappa shape index (κ3) is 3.36. The van der Waals surface area contributed by atoms with Crippen LogP contribution in [0.1, 0.15) is 18.9 Å². The number of rotatable bonds is 4. The van der Waals surface area contributed by atoms with E-state index in [1.807, 2.05) is 30.3 Å². The molecule has 0 aromatic heterocycles. The van der Waals surface area contributed by atoms with Crippen LogP contribution in [0.4, 0.5) is 0 Å². The number of amides is 1. The summed E-state index contributed by atoms with van der Waals surface area (Å²) in [5.74, 6) is -0.516. The van der Waals surface area contributed by atoms with E-state index >= 15 is 0 Å². The van der Waals surface area contributed by atoms with Crippen LogP contribution < -0.4 is 0 Å². The Morgan fingerprint density at radius 3 is 2.60 bits per heavy atom. The van der Waals surface area contributed by atoms with Gasteiger partial charge in [-0.1, -0.05) is 30.3 Å². The zero-order chi connectivity index (χ0) is 14.5. The Morgan fingerprint density at radius 2 is 2.00 bits per heavy atom. The van der Waals surface area contributed by atoms with Crippen molar-refractivity contribution >= 4 is 11.9 Å². The molecule has 1 saturated heterocycles. The number of hydrogen-bond acceptors (Lipinski definition) is 4. The van der Waals surface area contributed by atoms with E-state index in [1.165, 1.54) is 18.9 Å². The van der Waals surface area contributed by atoms with E-state index in [0.29, 0.717) is 19.6 Å². The molecule has 2 rings (SSSR count). The first-order valence-electron chi connectivity index (χ1n) is 6.62. The molecule has 2 atom stereocenters. The Hall–Kier alpha value is -1.88. The van der Waals surface area contributed by atoms with Crippen molar-refractivity contribution in [1.29, 1.82) is 0 Å². The largest absolute Gasteiger partial charge is 0.467 e. The lowest BCUT2D eigenvalue weighted by Crippen LogP contribution is -2.39. The summed E-state index contributed by atoms with van der Waals surface area (Å²) in [7, 11) is 1.33. The number of likely N-dealkylation sites (tertiary alicyclic amines) is 1. The van der Waals surface area contributed by atoms with Crippen LogP contribution in [0.3, 0.4) is 0 Å². The van der Waals surface area contributed by atoms with Gasteiger partial charge >= 0.3 is 5.97 Å². The lowest BCUT2D eigenvalue weighted by Gasteiger charge is -2.20. The standard InChI is InChI=1S/C15H19NO4/c1-11(17)16-9-13(8-14(16)15(18)19-2)20-10-12-6-4-3-5-7-12/h3-7,13-14H,8-10H2,1-2H3/t13-,14+/m1/s1. The molecular formula is C15H19NO4. The summed E-state index contributed by atoms with van der Waals surface area (Å²) >= 11 is 0. The second-order valence-corrected chi connectivity index (χ2v) is 4.86. The quantitative estimate of drug-likeness (QED) is 0.780. The third-order valence-electron chi connectivity index (χ3n) is 3.47. The first-order valence-corrected chi connectivity index (χ1v) is 6.62.